The molecule has 0 aromatic heterocycles. The van der Waals surface area contributed by atoms with Gasteiger partial charge in [-0.2, -0.15) is 0 Å². The van der Waals surface area contributed by atoms with Gasteiger partial charge in [-0.1, -0.05) is 25.7 Å². The monoisotopic (exact) mass is 258 g/mol. The topological polar surface area (TPSA) is 87.1 Å². The maximum absolute atomic E-state index is 11.0. The van der Waals surface area contributed by atoms with Crippen LogP contribution >= 0.6 is 0 Å². The summed E-state index contributed by atoms with van der Waals surface area (Å²) in [6.07, 6.45) is 6.23. The summed E-state index contributed by atoms with van der Waals surface area (Å²) in [4.78, 5) is 21.3. The van der Waals surface area contributed by atoms with Crippen molar-refractivity contribution in [2.75, 3.05) is 6.61 Å². The van der Waals surface area contributed by atoms with Crippen LogP contribution < -0.4 is 0 Å². The first-order valence-corrected chi connectivity index (χ1v) is 6.66. The number of carboxylic acids is 2. The molecule has 0 aromatic rings. The van der Waals surface area contributed by atoms with E-state index in [9.17, 15) is 9.59 Å². The van der Waals surface area contributed by atoms with Crippen molar-refractivity contribution >= 4 is 11.9 Å². The summed E-state index contributed by atoms with van der Waals surface area (Å²) < 4.78 is 5.05. The van der Waals surface area contributed by atoms with Crippen molar-refractivity contribution in [3.05, 3.63) is 0 Å². The molecule has 18 heavy (non-hydrogen) atoms. The zero-order valence-electron chi connectivity index (χ0n) is 10.6. The zero-order chi connectivity index (χ0) is 13.4. The van der Waals surface area contributed by atoms with Crippen LogP contribution in [0.25, 0.3) is 0 Å². The number of unbranched alkanes of at least 4 members (excludes halogenated alkanes) is 4. The fourth-order valence-corrected chi connectivity index (χ4v) is 2.06. The fourth-order valence-electron chi connectivity index (χ4n) is 2.06. The summed E-state index contributed by atoms with van der Waals surface area (Å²) in [5.74, 6) is -1.75. The zero-order valence-corrected chi connectivity index (χ0v) is 10.6. The number of rotatable bonds is 11. The van der Waals surface area contributed by atoms with E-state index < -0.39 is 11.9 Å². The van der Waals surface area contributed by atoms with Crippen LogP contribution in [0.1, 0.15) is 51.4 Å². The summed E-state index contributed by atoms with van der Waals surface area (Å²) in [6.45, 7) is 0.707. The third-order valence-corrected chi connectivity index (χ3v) is 3.24. The molecule has 2 unspecified atom stereocenters. The predicted octanol–water partition coefficient (Wildman–Crippen LogP) is 2.29. The lowest BCUT2D eigenvalue weighted by Crippen LogP contribution is -2.15. The second kappa shape index (κ2) is 8.08. The van der Waals surface area contributed by atoms with Crippen LogP contribution in [0, 0.1) is 5.92 Å². The van der Waals surface area contributed by atoms with Crippen molar-refractivity contribution in [3.63, 3.8) is 0 Å². The second-order valence-electron chi connectivity index (χ2n) is 4.93. The van der Waals surface area contributed by atoms with Gasteiger partial charge in [0.05, 0.1) is 18.6 Å². The quantitative estimate of drug-likeness (QED) is 0.438. The molecule has 0 aliphatic carbocycles. The minimum absolute atomic E-state index is 0.168. The molecule has 1 aliphatic rings. The van der Waals surface area contributed by atoms with Gasteiger partial charge in [-0.05, 0) is 19.3 Å². The van der Waals surface area contributed by atoms with E-state index in [0.717, 1.165) is 25.7 Å². The Morgan fingerprint density at radius 2 is 1.72 bits per heavy atom. The number of hydrogen-bond acceptors (Lipinski definition) is 3. The van der Waals surface area contributed by atoms with Crippen LogP contribution in [0.2, 0.25) is 0 Å². The molecule has 1 saturated heterocycles. The standard InChI is InChI=1S/C13H22O5/c14-12(15)7-5-3-1-2-4-6-10(13(16)17)8-11-9-18-11/h10-11H,1-9H2,(H,14,15)(H,16,17). The molecule has 1 heterocycles. The lowest BCUT2D eigenvalue weighted by atomic mass is 9.96. The molecule has 5 nitrogen and oxygen atoms in total. The highest BCUT2D eigenvalue weighted by molar-refractivity contribution is 5.70. The maximum Gasteiger partial charge on any atom is 0.306 e. The van der Waals surface area contributed by atoms with Gasteiger partial charge in [0, 0.05) is 6.42 Å². The second-order valence-corrected chi connectivity index (χ2v) is 4.93. The van der Waals surface area contributed by atoms with Gasteiger partial charge >= 0.3 is 11.9 Å². The van der Waals surface area contributed by atoms with Crippen molar-refractivity contribution < 1.29 is 24.5 Å². The third-order valence-electron chi connectivity index (χ3n) is 3.24. The molecular formula is C13H22O5. The van der Waals surface area contributed by atoms with E-state index in [-0.39, 0.29) is 18.4 Å². The van der Waals surface area contributed by atoms with Crippen molar-refractivity contribution in [1.29, 1.82) is 0 Å². The Labute approximate surface area is 107 Å². The van der Waals surface area contributed by atoms with Crippen LogP contribution in [-0.2, 0) is 14.3 Å². The fraction of sp³-hybridized carbons (Fsp3) is 0.846. The summed E-state index contributed by atoms with van der Waals surface area (Å²) in [5.41, 5.74) is 0. The Morgan fingerprint density at radius 3 is 2.28 bits per heavy atom. The smallest absolute Gasteiger partial charge is 0.306 e. The Kier molecular flexibility index (Phi) is 6.72. The highest BCUT2D eigenvalue weighted by Crippen LogP contribution is 2.24. The SMILES string of the molecule is O=C(O)CCCCCCCC(CC1CO1)C(=O)O. The molecule has 1 fully saturated rings. The van der Waals surface area contributed by atoms with Gasteiger partial charge in [0.2, 0.25) is 0 Å². The van der Waals surface area contributed by atoms with Crippen molar-refractivity contribution in [3.8, 4) is 0 Å². The Morgan fingerprint density at radius 1 is 1.11 bits per heavy atom. The van der Waals surface area contributed by atoms with E-state index in [0.29, 0.717) is 25.9 Å². The molecule has 2 N–H and O–H groups in total. The van der Waals surface area contributed by atoms with E-state index in [1.54, 1.807) is 0 Å². The predicted molar refractivity (Wildman–Crippen MR) is 65.4 cm³/mol. The number of ether oxygens (including phenoxy) is 1. The van der Waals surface area contributed by atoms with Crippen molar-refractivity contribution in [1.82, 2.24) is 0 Å². The first kappa shape index (κ1) is 15.0. The summed E-state index contributed by atoms with van der Waals surface area (Å²) >= 11 is 0. The van der Waals surface area contributed by atoms with Gasteiger partial charge in [0.15, 0.2) is 0 Å². The summed E-state index contributed by atoms with van der Waals surface area (Å²) in [5, 5.41) is 17.5. The van der Waals surface area contributed by atoms with Gasteiger partial charge < -0.3 is 14.9 Å². The molecule has 0 radical (unpaired) electrons. The lowest BCUT2D eigenvalue weighted by molar-refractivity contribution is -0.142. The summed E-state index contributed by atoms with van der Waals surface area (Å²) in [6, 6.07) is 0. The maximum atomic E-state index is 11.0. The van der Waals surface area contributed by atoms with Crippen LogP contribution in [-0.4, -0.2) is 34.9 Å². The minimum Gasteiger partial charge on any atom is -0.481 e. The molecule has 0 aromatic carbocycles. The van der Waals surface area contributed by atoms with Crippen LogP contribution in [0.5, 0.6) is 0 Å². The molecule has 0 amide bonds. The first-order chi connectivity index (χ1) is 8.59. The van der Waals surface area contributed by atoms with Crippen molar-refractivity contribution in [2.45, 2.75) is 57.5 Å². The van der Waals surface area contributed by atoms with Gasteiger partial charge in [-0.3, -0.25) is 9.59 Å². The lowest BCUT2D eigenvalue weighted by Gasteiger charge is -2.10. The Balaban J connectivity index is 1.97. The van der Waals surface area contributed by atoms with Gasteiger partial charge in [0.1, 0.15) is 0 Å². The average molecular weight is 258 g/mol. The Hall–Kier alpha value is -1.10. The molecule has 1 rings (SSSR count). The van der Waals surface area contributed by atoms with Gasteiger partial charge in [-0.25, -0.2) is 0 Å². The number of hydrogen-bond donors (Lipinski definition) is 2. The van der Waals surface area contributed by atoms with E-state index >= 15 is 0 Å². The number of carboxylic acid groups (broad SMARTS) is 2. The third kappa shape index (κ3) is 7.27. The molecule has 104 valence electrons. The van der Waals surface area contributed by atoms with Crippen LogP contribution in [0.4, 0.5) is 0 Å². The number of carbonyl (C=O) groups is 2. The van der Waals surface area contributed by atoms with E-state index in [1.807, 2.05) is 0 Å². The van der Waals surface area contributed by atoms with Gasteiger partial charge in [0.25, 0.3) is 0 Å². The molecule has 5 heteroatoms. The molecule has 1 aliphatic heterocycles. The number of epoxide rings is 1. The minimum atomic E-state index is -0.745. The molecule has 2 atom stereocenters. The van der Waals surface area contributed by atoms with Crippen LogP contribution in [0.3, 0.4) is 0 Å². The number of aliphatic carboxylic acids is 2. The molecule has 0 saturated carbocycles. The average Bonchev–Trinajstić information content (AvgIpc) is 3.09. The van der Waals surface area contributed by atoms with E-state index in [2.05, 4.69) is 0 Å². The van der Waals surface area contributed by atoms with E-state index in [4.69, 9.17) is 14.9 Å². The molecule has 0 spiro atoms. The highest BCUT2D eigenvalue weighted by atomic mass is 16.6. The molecule has 0 bridgehead atoms. The highest BCUT2D eigenvalue weighted by Gasteiger charge is 2.29. The van der Waals surface area contributed by atoms with Crippen molar-refractivity contribution in [2.24, 2.45) is 5.92 Å². The normalized spacial score (nSPS) is 19.4. The van der Waals surface area contributed by atoms with Gasteiger partial charge in [-0.15, -0.1) is 0 Å². The summed E-state index contributed by atoms with van der Waals surface area (Å²) in [7, 11) is 0. The van der Waals surface area contributed by atoms with Crippen LogP contribution in [0.15, 0.2) is 0 Å². The largest absolute Gasteiger partial charge is 0.481 e. The Bertz CT molecular complexity index is 273. The first-order valence-electron chi connectivity index (χ1n) is 6.66. The van der Waals surface area contributed by atoms with E-state index in [1.165, 1.54) is 0 Å². The molecular weight excluding hydrogens is 236 g/mol.